The average Bonchev–Trinajstić information content (AvgIpc) is 3.26. The quantitative estimate of drug-likeness (QED) is 0.405. The second-order valence-corrected chi connectivity index (χ2v) is 9.70. The van der Waals surface area contributed by atoms with E-state index >= 15 is 0 Å². The lowest BCUT2D eigenvalue weighted by Gasteiger charge is -2.33. The molecule has 0 spiro atoms. The number of benzene rings is 2. The van der Waals surface area contributed by atoms with E-state index in [0.29, 0.717) is 30.3 Å². The molecule has 0 radical (unpaired) electrons. The number of likely N-dealkylation sites (tertiary alicyclic amines) is 1. The van der Waals surface area contributed by atoms with Crippen LogP contribution in [-0.2, 0) is 16.1 Å². The zero-order valence-corrected chi connectivity index (χ0v) is 21.4. The lowest BCUT2D eigenvalue weighted by atomic mass is 9.96. The molecule has 3 N–H and O–H groups in total. The number of aromatic nitrogens is 2. The highest BCUT2D eigenvalue weighted by atomic mass is 35.5. The van der Waals surface area contributed by atoms with Gasteiger partial charge in [0.25, 0.3) is 5.91 Å². The summed E-state index contributed by atoms with van der Waals surface area (Å²) in [5, 5.41) is 3.17. The van der Waals surface area contributed by atoms with E-state index in [2.05, 4.69) is 16.0 Å². The summed E-state index contributed by atoms with van der Waals surface area (Å²) in [5.74, 6) is 0.894. The third-order valence-corrected chi connectivity index (χ3v) is 6.96. The van der Waals surface area contributed by atoms with Crippen molar-refractivity contribution in [3.05, 3.63) is 64.9 Å². The summed E-state index contributed by atoms with van der Waals surface area (Å²) in [5.41, 5.74) is 8.70. The molecule has 1 aliphatic rings. The Balaban J connectivity index is 1.37. The second-order valence-electron chi connectivity index (χ2n) is 9.29. The normalized spacial score (nSPS) is 16.8. The van der Waals surface area contributed by atoms with Crippen LogP contribution in [0, 0.1) is 0 Å². The number of hydrogen-bond donors (Lipinski definition) is 2. The van der Waals surface area contributed by atoms with E-state index in [9.17, 15) is 9.59 Å². The van der Waals surface area contributed by atoms with E-state index in [1.54, 1.807) is 31.4 Å². The van der Waals surface area contributed by atoms with Crippen molar-refractivity contribution in [3.8, 4) is 0 Å². The van der Waals surface area contributed by atoms with E-state index in [1.165, 1.54) is 0 Å². The minimum atomic E-state index is -0.483. The summed E-state index contributed by atoms with van der Waals surface area (Å²) >= 11 is 6.09. The van der Waals surface area contributed by atoms with Crippen LogP contribution in [0.15, 0.2) is 48.5 Å². The number of piperidine rings is 1. The largest absolute Gasteiger partial charge is 0.385 e. The number of aryl methyl sites for hydroxylation is 1. The van der Waals surface area contributed by atoms with Gasteiger partial charge in [-0.25, -0.2) is 4.98 Å². The number of amides is 2. The number of rotatable bonds is 10. The summed E-state index contributed by atoms with van der Waals surface area (Å²) in [6.07, 6.45) is 2.96. The monoisotopic (exact) mass is 511 g/mol. The summed E-state index contributed by atoms with van der Waals surface area (Å²) in [7, 11) is 1.71. The first-order valence-corrected chi connectivity index (χ1v) is 12.9. The van der Waals surface area contributed by atoms with Crippen molar-refractivity contribution >= 4 is 34.4 Å². The molecular weight excluding hydrogens is 478 g/mol. The van der Waals surface area contributed by atoms with Crippen molar-refractivity contribution < 1.29 is 14.3 Å². The molecule has 192 valence electrons. The fourth-order valence-corrected chi connectivity index (χ4v) is 5.03. The van der Waals surface area contributed by atoms with Crippen molar-refractivity contribution in [1.29, 1.82) is 0 Å². The van der Waals surface area contributed by atoms with E-state index in [4.69, 9.17) is 27.1 Å². The van der Waals surface area contributed by atoms with Crippen molar-refractivity contribution in [2.45, 2.75) is 44.2 Å². The van der Waals surface area contributed by atoms with Crippen LogP contribution >= 0.6 is 11.6 Å². The topological polar surface area (TPSA) is 102 Å². The molecule has 2 heterocycles. The van der Waals surface area contributed by atoms with Gasteiger partial charge in [-0.3, -0.25) is 9.59 Å². The van der Waals surface area contributed by atoms with Crippen molar-refractivity contribution in [3.63, 3.8) is 0 Å². The standard InChI is InChI=1S/C27H34ClN5O3/c1-36-15-7-14-33-24-12-5-4-11-23(24)31-26(33)19-8-6-13-32(18-19)25(34)16-20(29)17-30-27(35)21-9-2-3-10-22(21)28/h2-5,9-12,19-20H,6-8,13-18,29H2,1H3,(H,30,35)/t19-,20+/m1/s1. The maximum absolute atomic E-state index is 13.1. The molecule has 36 heavy (non-hydrogen) atoms. The zero-order chi connectivity index (χ0) is 25.5. The Morgan fingerprint density at radius 3 is 2.81 bits per heavy atom. The molecule has 1 saturated heterocycles. The Kier molecular flexibility index (Phi) is 8.96. The lowest BCUT2D eigenvalue weighted by molar-refractivity contribution is -0.132. The maximum Gasteiger partial charge on any atom is 0.252 e. The summed E-state index contributed by atoms with van der Waals surface area (Å²) < 4.78 is 7.54. The molecule has 8 nitrogen and oxygen atoms in total. The number of para-hydroxylation sites is 2. The van der Waals surface area contributed by atoms with E-state index in [0.717, 1.165) is 42.7 Å². The number of nitrogens with two attached hydrogens (primary N) is 1. The van der Waals surface area contributed by atoms with Crippen molar-refractivity contribution in [1.82, 2.24) is 19.8 Å². The third kappa shape index (κ3) is 6.24. The number of imidazole rings is 1. The highest BCUT2D eigenvalue weighted by Crippen LogP contribution is 2.30. The van der Waals surface area contributed by atoms with Gasteiger partial charge in [-0.05, 0) is 43.5 Å². The third-order valence-electron chi connectivity index (χ3n) is 6.63. The van der Waals surface area contributed by atoms with Gasteiger partial charge in [0, 0.05) is 58.3 Å². The Labute approximate surface area is 216 Å². The first-order valence-electron chi connectivity index (χ1n) is 12.5. The van der Waals surface area contributed by atoms with Gasteiger partial charge in [0.05, 0.1) is 21.6 Å². The molecule has 0 saturated carbocycles. The Morgan fingerprint density at radius 2 is 2.00 bits per heavy atom. The Morgan fingerprint density at radius 1 is 1.22 bits per heavy atom. The molecule has 9 heteroatoms. The van der Waals surface area contributed by atoms with Crippen LogP contribution in [0.25, 0.3) is 11.0 Å². The minimum Gasteiger partial charge on any atom is -0.385 e. The summed E-state index contributed by atoms with van der Waals surface area (Å²) in [6, 6.07) is 14.5. The van der Waals surface area contributed by atoms with Gasteiger partial charge in [0.2, 0.25) is 5.91 Å². The lowest BCUT2D eigenvalue weighted by Crippen LogP contribution is -2.45. The molecule has 0 bridgehead atoms. The van der Waals surface area contributed by atoms with E-state index in [-0.39, 0.29) is 30.7 Å². The van der Waals surface area contributed by atoms with Gasteiger partial charge in [-0.15, -0.1) is 0 Å². The molecular formula is C27H34ClN5O3. The van der Waals surface area contributed by atoms with Crippen LogP contribution in [0.2, 0.25) is 5.02 Å². The molecule has 1 aromatic heterocycles. The first kappa shape index (κ1) is 26.1. The molecule has 2 aromatic carbocycles. The van der Waals surface area contributed by atoms with Crippen LogP contribution in [0.3, 0.4) is 0 Å². The Bertz CT molecular complexity index is 1200. The van der Waals surface area contributed by atoms with Crippen LogP contribution in [-0.4, -0.2) is 65.7 Å². The zero-order valence-electron chi connectivity index (χ0n) is 20.7. The van der Waals surface area contributed by atoms with E-state index < -0.39 is 6.04 Å². The number of nitrogens with one attached hydrogen (secondary N) is 1. The van der Waals surface area contributed by atoms with Crippen LogP contribution in [0.4, 0.5) is 0 Å². The second kappa shape index (κ2) is 12.3. The fraction of sp³-hybridized carbons (Fsp3) is 0.444. The SMILES string of the molecule is COCCCn1c([C@@H]2CCCN(C(=O)C[C@H](N)CNC(=O)c3ccccc3Cl)C2)nc2ccccc21. The summed E-state index contributed by atoms with van der Waals surface area (Å²) in [4.78, 5) is 32.3. The summed E-state index contributed by atoms with van der Waals surface area (Å²) in [6.45, 7) is 3.03. The molecule has 0 aliphatic carbocycles. The average molecular weight is 512 g/mol. The minimum absolute atomic E-state index is 0.00114. The number of nitrogens with zero attached hydrogens (tertiary/aromatic N) is 3. The Hall–Kier alpha value is -2.94. The van der Waals surface area contributed by atoms with Gasteiger partial charge >= 0.3 is 0 Å². The van der Waals surface area contributed by atoms with Crippen LogP contribution in [0.5, 0.6) is 0 Å². The molecule has 0 unspecified atom stereocenters. The van der Waals surface area contributed by atoms with Crippen molar-refractivity contribution in [2.75, 3.05) is 33.4 Å². The van der Waals surface area contributed by atoms with Gasteiger partial charge < -0.3 is 25.3 Å². The van der Waals surface area contributed by atoms with Crippen LogP contribution < -0.4 is 11.1 Å². The molecule has 1 fully saturated rings. The molecule has 1 aliphatic heterocycles. The highest BCUT2D eigenvalue weighted by molar-refractivity contribution is 6.33. The number of fused-ring (bicyclic) bond motifs is 1. The predicted octanol–water partition coefficient (Wildman–Crippen LogP) is 3.58. The first-order chi connectivity index (χ1) is 17.5. The number of methoxy groups -OCH3 is 1. The smallest absolute Gasteiger partial charge is 0.252 e. The molecule has 3 aromatic rings. The molecule has 2 amide bonds. The van der Waals surface area contributed by atoms with Crippen LogP contribution in [0.1, 0.15) is 47.8 Å². The fourth-order valence-electron chi connectivity index (χ4n) is 4.81. The van der Waals surface area contributed by atoms with E-state index in [1.807, 2.05) is 23.1 Å². The molecule has 2 atom stereocenters. The maximum atomic E-state index is 13.1. The van der Waals surface area contributed by atoms with Gasteiger partial charge in [0.1, 0.15) is 5.82 Å². The van der Waals surface area contributed by atoms with Gasteiger partial charge in [-0.1, -0.05) is 35.9 Å². The number of halogens is 1. The number of carbonyl (C=O) groups is 2. The predicted molar refractivity (Wildman–Crippen MR) is 141 cm³/mol. The van der Waals surface area contributed by atoms with Crippen molar-refractivity contribution in [2.24, 2.45) is 5.73 Å². The van der Waals surface area contributed by atoms with Gasteiger partial charge in [0.15, 0.2) is 0 Å². The highest BCUT2D eigenvalue weighted by Gasteiger charge is 2.29. The number of hydrogen-bond acceptors (Lipinski definition) is 5. The van der Waals surface area contributed by atoms with Gasteiger partial charge in [-0.2, -0.15) is 0 Å². The number of ether oxygens (including phenoxy) is 1. The molecule has 4 rings (SSSR count). The number of carbonyl (C=O) groups excluding carboxylic acids is 2.